The van der Waals surface area contributed by atoms with Crippen LogP contribution in [0.2, 0.25) is 0 Å². The number of hydrogen-bond acceptors (Lipinski definition) is 7. The molecule has 0 amide bonds. The third kappa shape index (κ3) is 22.7. The zero-order valence-corrected chi connectivity index (χ0v) is 13.3. The molecule has 0 rings (SSSR count). The molecule has 0 aliphatic rings. The van der Waals surface area contributed by atoms with Crippen molar-refractivity contribution in [2.75, 3.05) is 26.9 Å². The van der Waals surface area contributed by atoms with Gasteiger partial charge in [-0.3, -0.25) is 0 Å². The SMILES string of the molecule is C=C(C)C(=O)OCCO.C=CC(=O)OC.C=CC(=O)OCC. The molecule has 0 unspecified atom stereocenters. The van der Waals surface area contributed by atoms with Gasteiger partial charge in [0.05, 0.1) is 20.3 Å². The molecule has 0 aliphatic carbocycles. The van der Waals surface area contributed by atoms with E-state index < -0.39 is 11.9 Å². The Bertz CT molecular complexity index is 372. The van der Waals surface area contributed by atoms with Crippen LogP contribution < -0.4 is 0 Å². The van der Waals surface area contributed by atoms with E-state index in [-0.39, 0.29) is 19.2 Å². The molecule has 0 saturated carbocycles. The van der Waals surface area contributed by atoms with E-state index in [1.165, 1.54) is 7.11 Å². The lowest BCUT2D eigenvalue weighted by molar-refractivity contribution is -0.140. The Morgan fingerprint density at radius 3 is 1.77 bits per heavy atom. The van der Waals surface area contributed by atoms with Crippen LogP contribution >= 0.6 is 0 Å². The molecule has 7 heteroatoms. The van der Waals surface area contributed by atoms with Crippen LogP contribution in [0.3, 0.4) is 0 Å². The Labute approximate surface area is 130 Å². The van der Waals surface area contributed by atoms with Crippen LogP contribution in [0.1, 0.15) is 13.8 Å². The summed E-state index contributed by atoms with van der Waals surface area (Å²) in [6.07, 6.45) is 2.25. The predicted molar refractivity (Wildman–Crippen MR) is 81.9 cm³/mol. The molecule has 0 radical (unpaired) electrons. The molecule has 0 saturated heterocycles. The van der Waals surface area contributed by atoms with Gasteiger partial charge in [0.25, 0.3) is 0 Å². The fourth-order valence-electron chi connectivity index (χ4n) is 0.546. The summed E-state index contributed by atoms with van der Waals surface area (Å²) in [7, 11) is 1.31. The van der Waals surface area contributed by atoms with Crippen LogP contribution in [0.4, 0.5) is 0 Å². The van der Waals surface area contributed by atoms with E-state index in [1.807, 2.05) is 0 Å². The highest BCUT2D eigenvalue weighted by Gasteiger charge is 1.99. The number of carbonyl (C=O) groups is 3. The van der Waals surface area contributed by atoms with Crippen LogP contribution in [0.5, 0.6) is 0 Å². The maximum Gasteiger partial charge on any atom is 0.333 e. The predicted octanol–water partition coefficient (Wildman–Crippen LogP) is 1.18. The van der Waals surface area contributed by atoms with Gasteiger partial charge in [-0.25, -0.2) is 14.4 Å². The highest BCUT2D eigenvalue weighted by molar-refractivity contribution is 5.86. The average molecular weight is 316 g/mol. The molecule has 0 spiro atoms. The molecule has 0 fully saturated rings. The second-order valence-electron chi connectivity index (χ2n) is 3.32. The Morgan fingerprint density at radius 2 is 1.59 bits per heavy atom. The van der Waals surface area contributed by atoms with Crippen molar-refractivity contribution < 1.29 is 33.7 Å². The van der Waals surface area contributed by atoms with Crippen molar-refractivity contribution in [3.05, 3.63) is 37.5 Å². The number of ether oxygens (including phenoxy) is 3. The number of carbonyl (C=O) groups excluding carboxylic acids is 3. The van der Waals surface area contributed by atoms with Gasteiger partial charge in [-0.05, 0) is 13.8 Å². The Balaban J connectivity index is -0.000000252. The van der Waals surface area contributed by atoms with Crippen molar-refractivity contribution in [3.63, 3.8) is 0 Å². The quantitative estimate of drug-likeness (QED) is 0.446. The van der Waals surface area contributed by atoms with E-state index in [2.05, 4.69) is 33.9 Å². The van der Waals surface area contributed by atoms with E-state index >= 15 is 0 Å². The van der Waals surface area contributed by atoms with Crippen molar-refractivity contribution in [2.45, 2.75) is 13.8 Å². The van der Waals surface area contributed by atoms with E-state index in [0.717, 1.165) is 12.2 Å². The summed E-state index contributed by atoms with van der Waals surface area (Å²) in [6, 6.07) is 0. The van der Waals surface area contributed by atoms with Gasteiger partial charge in [-0.15, -0.1) is 0 Å². The van der Waals surface area contributed by atoms with Gasteiger partial charge in [0.15, 0.2) is 0 Å². The third-order valence-corrected chi connectivity index (χ3v) is 1.49. The molecule has 0 bridgehead atoms. The standard InChI is InChI=1S/C6H10O3.C5H8O2.C4H6O2/c1-5(2)6(8)9-4-3-7;1-3-5(6)7-4-2;1-3-4(5)6-2/h7H,1,3-4H2,2H3;3H,1,4H2,2H3;3H,1H2,2H3. The molecular formula is C15H24O7. The maximum atomic E-state index is 10.5. The first kappa shape index (κ1) is 24.6. The Morgan fingerprint density at radius 1 is 1.09 bits per heavy atom. The molecule has 0 aromatic carbocycles. The van der Waals surface area contributed by atoms with Crippen molar-refractivity contribution >= 4 is 17.9 Å². The van der Waals surface area contributed by atoms with E-state index in [4.69, 9.17) is 5.11 Å². The molecule has 0 atom stereocenters. The van der Waals surface area contributed by atoms with Crippen molar-refractivity contribution in [3.8, 4) is 0 Å². The van der Waals surface area contributed by atoms with Crippen molar-refractivity contribution in [1.29, 1.82) is 0 Å². The van der Waals surface area contributed by atoms with Gasteiger partial charge in [0, 0.05) is 17.7 Å². The number of rotatable bonds is 6. The van der Waals surface area contributed by atoms with Crippen molar-refractivity contribution in [2.24, 2.45) is 0 Å². The van der Waals surface area contributed by atoms with Crippen LogP contribution in [0, 0.1) is 0 Å². The molecule has 0 heterocycles. The molecule has 0 aliphatic heterocycles. The van der Waals surface area contributed by atoms with Crippen LogP contribution in [-0.4, -0.2) is 49.9 Å². The number of aliphatic hydroxyl groups excluding tert-OH is 1. The van der Waals surface area contributed by atoms with E-state index in [9.17, 15) is 14.4 Å². The third-order valence-electron chi connectivity index (χ3n) is 1.49. The summed E-state index contributed by atoms with van der Waals surface area (Å²) in [5.74, 6) is -1.21. The second-order valence-corrected chi connectivity index (χ2v) is 3.32. The smallest absolute Gasteiger partial charge is 0.333 e. The first-order valence-corrected chi connectivity index (χ1v) is 6.23. The first-order valence-electron chi connectivity index (χ1n) is 6.23. The number of aliphatic hydroxyl groups is 1. The summed E-state index contributed by atoms with van der Waals surface area (Å²) in [4.78, 5) is 30.4. The number of hydrogen-bond donors (Lipinski definition) is 1. The topological polar surface area (TPSA) is 99.1 Å². The molecule has 0 aromatic rings. The fraction of sp³-hybridized carbons (Fsp3) is 0.400. The zero-order chi connectivity index (χ0) is 18.0. The zero-order valence-electron chi connectivity index (χ0n) is 13.3. The lowest BCUT2D eigenvalue weighted by atomic mass is 10.4. The van der Waals surface area contributed by atoms with Crippen LogP contribution in [0.25, 0.3) is 0 Å². The normalized spacial score (nSPS) is 7.82. The first-order chi connectivity index (χ1) is 10.3. The monoisotopic (exact) mass is 316 g/mol. The summed E-state index contributed by atoms with van der Waals surface area (Å²) in [5.41, 5.74) is 0.350. The Hall–Kier alpha value is -2.41. The van der Waals surface area contributed by atoms with Crippen LogP contribution in [0.15, 0.2) is 37.5 Å². The molecule has 126 valence electrons. The highest BCUT2D eigenvalue weighted by atomic mass is 16.5. The summed E-state index contributed by atoms with van der Waals surface area (Å²) >= 11 is 0. The highest BCUT2D eigenvalue weighted by Crippen LogP contribution is 1.89. The molecular weight excluding hydrogens is 292 g/mol. The second kappa shape index (κ2) is 18.6. The van der Waals surface area contributed by atoms with Gasteiger partial charge in [-0.1, -0.05) is 19.7 Å². The minimum absolute atomic E-state index is 0.0473. The van der Waals surface area contributed by atoms with Crippen LogP contribution in [-0.2, 0) is 28.6 Å². The van der Waals surface area contributed by atoms with E-state index in [0.29, 0.717) is 12.2 Å². The summed E-state index contributed by atoms with van der Waals surface area (Å²) in [5, 5.41) is 8.19. The number of methoxy groups -OCH3 is 1. The van der Waals surface area contributed by atoms with Gasteiger partial charge >= 0.3 is 17.9 Å². The van der Waals surface area contributed by atoms with Gasteiger partial charge in [-0.2, -0.15) is 0 Å². The molecule has 7 nitrogen and oxygen atoms in total. The minimum Gasteiger partial charge on any atom is -0.466 e. The minimum atomic E-state index is -0.455. The van der Waals surface area contributed by atoms with E-state index in [1.54, 1.807) is 13.8 Å². The molecule has 22 heavy (non-hydrogen) atoms. The maximum absolute atomic E-state index is 10.5. The lowest BCUT2D eigenvalue weighted by Crippen LogP contribution is -2.08. The summed E-state index contributed by atoms with van der Waals surface area (Å²) in [6.45, 7) is 13.3. The molecule has 1 N–H and O–H groups in total. The number of esters is 3. The molecule has 0 aromatic heterocycles. The van der Waals surface area contributed by atoms with Gasteiger partial charge in [0.2, 0.25) is 0 Å². The van der Waals surface area contributed by atoms with Gasteiger partial charge < -0.3 is 19.3 Å². The largest absolute Gasteiger partial charge is 0.466 e. The average Bonchev–Trinajstić information content (AvgIpc) is 2.52. The summed E-state index contributed by atoms with van der Waals surface area (Å²) < 4.78 is 13.0. The lowest BCUT2D eigenvalue weighted by Gasteiger charge is -1.99. The fourth-order valence-corrected chi connectivity index (χ4v) is 0.546. The van der Waals surface area contributed by atoms with Crippen molar-refractivity contribution in [1.82, 2.24) is 0 Å². The van der Waals surface area contributed by atoms with Gasteiger partial charge in [0.1, 0.15) is 6.61 Å². The Kier molecular flexibility index (Phi) is 20.8.